The third-order valence-electron chi connectivity index (χ3n) is 4.43. The highest BCUT2D eigenvalue weighted by atomic mass is 35.5. The largest absolute Gasteiger partial charge is 0.494 e. The number of esters is 2. The van der Waals surface area contributed by atoms with Gasteiger partial charge in [-0.15, -0.1) is 0 Å². The lowest BCUT2D eigenvalue weighted by molar-refractivity contribution is 0.0418. The number of carbonyl (C=O) groups excluding carboxylic acids is 2. The molecule has 31 heavy (non-hydrogen) atoms. The molecule has 0 heterocycles. The van der Waals surface area contributed by atoms with E-state index in [1.165, 1.54) is 19.2 Å². The van der Waals surface area contributed by atoms with Crippen molar-refractivity contribution in [1.29, 1.82) is 0 Å². The zero-order valence-electron chi connectivity index (χ0n) is 17.1. The van der Waals surface area contributed by atoms with Crippen molar-refractivity contribution in [3.05, 3.63) is 61.0 Å². The molecule has 168 valence electrons. The van der Waals surface area contributed by atoms with Gasteiger partial charge in [0.05, 0.1) is 27.7 Å². The molecule has 0 radical (unpaired) electrons. The lowest BCUT2D eigenvalue weighted by atomic mass is 10.1. The molecule has 0 atom stereocenters. The average molecular weight is 509 g/mol. The Bertz CT molecular complexity index is 967. The molecule has 0 bridgehead atoms. The van der Waals surface area contributed by atoms with E-state index in [0.717, 1.165) is 0 Å². The van der Waals surface area contributed by atoms with Crippen LogP contribution in [0, 0.1) is 6.92 Å². The number of benzene rings is 2. The van der Waals surface area contributed by atoms with Crippen LogP contribution in [-0.4, -0.2) is 57.3 Å². The molecule has 0 amide bonds. The second-order valence-electron chi connectivity index (χ2n) is 6.54. The molecule has 0 fully saturated rings. The molecule has 0 aliphatic rings. The first-order chi connectivity index (χ1) is 14.7. The molecule has 0 N–H and O–H groups in total. The highest BCUT2D eigenvalue weighted by Gasteiger charge is 2.21. The van der Waals surface area contributed by atoms with E-state index in [9.17, 15) is 9.59 Å². The van der Waals surface area contributed by atoms with Crippen LogP contribution in [0.2, 0.25) is 20.1 Å². The molecular weight excluding hydrogens is 488 g/mol. The summed E-state index contributed by atoms with van der Waals surface area (Å²) in [5.74, 6) is -1.03. The third kappa shape index (κ3) is 6.64. The van der Waals surface area contributed by atoms with Crippen molar-refractivity contribution in [2.24, 2.45) is 0 Å². The normalized spacial score (nSPS) is 10.8. The Morgan fingerprint density at radius 2 is 1.26 bits per heavy atom. The topological polar surface area (TPSA) is 65.1 Å². The zero-order valence-corrected chi connectivity index (χ0v) is 20.2. The van der Waals surface area contributed by atoms with Crippen LogP contribution in [-0.2, 0) is 9.47 Å². The fraction of sp³-hybridized carbons (Fsp3) is 0.333. The van der Waals surface area contributed by atoms with Gasteiger partial charge in [0.1, 0.15) is 18.8 Å². The van der Waals surface area contributed by atoms with E-state index in [1.54, 1.807) is 26.1 Å². The lowest BCUT2D eigenvalue weighted by Crippen LogP contribution is -2.28. The number of hydrogen-bond donors (Lipinski definition) is 0. The fourth-order valence-electron chi connectivity index (χ4n) is 2.67. The highest BCUT2D eigenvalue weighted by Crippen LogP contribution is 2.34. The number of rotatable bonds is 9. The number of nitrogens with zero attached hydrogens (tertiary/aromatic N) is 1. The molecule has 0 saturated carbocycles. The number of likely N-dealkylation sites (N-methyl/N-ethyl adjacent to an activating group) is 1. The SMILES string of the molecule is COc1c(Cl)ccc(Cl)c1C(=O)OCCN(C)CCOC(=O)c1c(Cl)ccc(Cl)c1C. The Kier molecular flexibility index (Phi) is 9.72. The summed E-state index contributed by atoms with van der Waals surface area (Å²) in [6.07, 6.45) is 0. The van der Waals surface area contributed by atoms with Crippen LogP contribution < -0.4 is 4.74 Å². The van der Waals surface area contributed by atoms with Crippen molar-refractivity contribution in [2.75, 3.05) is 40.5 Å². The van der Waals surface area contributed by atoms with Crippen LogP contribution >= 0.6 is 46.4 Å². The molecule has 0 unspecified atom stereocenters. The Morgan fingerprint density at radius 3 is 1.81 bits per heavy atom. The van der Waals surface area contributed by atoms with Gasteiger partial charge in [-0.1, -0.05) is 46.4 Å². The lowest BCUT2D eigenvalue weighted by Gasteiger charge is -2.17. The smallest absolute Gasteiger partial charge is 0.343 e. The molecule has 0 aliphatic heterocycles. The molecular formula is C21H21Cl4NO5. The van der Waals surface area contributed by atoms with Crippen molar-refractivity contribution < 1.29 is 23.8 Å². The van der Waals surface area contributed by atoms with E-state index in [2.05, 4.69) is 0 Å². The van der Waals surface area contributed by atoms with E-state index in [4.69, 9.17) is 60.6 Å². The molecule has 0 aliphatic carbocycles. The Balaban J connectivity index is 1.81. The summed E-state index contributed by atoms with van der Waals surface area (Å²) < 4.78 is 15.7. The third-order valence-corrected chi connectivity index (χ3v) is 5.77. The fourth-order valence-corrected chi connectivity index (χ4v) is 3.57. The Labute approximate surface area is 200 Å². The van der Waals surface area contributed by atoms with E-state index in [-0.39, 0.29) is 45.2 Å². The number of halogens is 4. The van der Waals surface area contributed by atoms with Crippen LogP contribution in [0.5, 0.6) is 5.75 Å². The van der Waals surface area contributed by atoms with Gasteiger partial charge < -0.3 is 14.2 Å². The zero-order chi connectivity index (χ0) is 23.1. The molecule has 6 nitrogen and oxygen atoms in total. The van der Waals surface area contributed by atoms with Crippen molar-refractivity contribution >= 4 is 58.3 Å². The van der Waals surface area contributed by atoms with Crippen molar-refractivity contribution in [2.45, 2.75) is 6.92 Å². The highest BCUT2D eigenvalue weighted by molar-refractivity contribution is 6.37. The molecule has 2 aromatic rings. The molecule has 2 aromatic carbocycles. The summed E-state index contributed by atoms with van der Waals surface area (Å²) in [6, 6.07) is 6.20. The van der Waals surface area contributed by atoms with Crippen molar-refractivity contribution in [3.8, 4) is 5.75 Å². The van der Waals surface area contributed by atoms with Gasteiger partial charge in [-0.3, -0.25) is 4.90 Å². The van der Waals surface area contributed by atoms with E-state index >= 15 is 0 Å². The first-order valence-corrected chi connectivity index (χ1v) is 10.7. The van der Waals surface area contributed by atoms with Gasteiger partial charge >= 0.3 is 11.9 Å². The molecule has 0 spiro atoms. The Hall–Kier alpha value is -1.70. The van der Waals surface area contributed by atoms with Crippen LogP contribution in [0.3, 0.4) is 0 Å². The second kappa shape index (κ2) is 11.8. The summed E-state index contributed by atoms with van der Waals surface area (Å²) in [7, 11) is 3.19. The summed E-state index contributed by atoms with van der Waals surface area (Å²) in [5.41, 5.74) is 0.884. The number of ether oxygens (including phenoxy) is 3. The molecule has 2 rings (SSSR count). The van der Waals surface area contributed by atoms with Crippen LogP contribution in [0.15, 0.2) is 24.3 Å². The maximum Gasteiger partial charge on any atom is 0.343 e. The van der Waals surface area contributed by atoms with Gasteiger partial charge in [0, 0.05) is 18.1 Å². The van der Waals surface area contributed by atoms with Gasteiger partial charge in [0.25, 0.3) is 0 Å². The predicted molar refractivity (Wildman–Crippen MR) is 122 cm³/mol. The maximum absolute atomic E-state index is 12.4. The minimum absolute atomic E-state index is 0.0713. The monoisotopic (exact) mass is 507 g/mol. The molecule has 0 saturated heterocycles. The first-order valence-electron chi connectivity index (χ1n) is 9.16. The number of carbonyl (C=O) groups is 2. The quantitative estimate of drug-likeness (QED) is 0.413. The number of hydrogen-bond acceptors (Lipinski definition) is 6. The summed E-state index contributed by atoms with van der Waals surface area (Å²) in [6.45, 7) is 2.74. The second-order valence-corrected chi connectivity index (χ2v) is 8.17. The van der Waals surface area contributed by atoms with Crippen LogP contribution in [0.25, 0.3) is 0 Å². The number of methoxy groups -OCH3 is 1. The van der Waals surface area contributed by atoms with Crippen LogP contribution in [0.1, 0.15) is 26.3 Å². The molecule has 0 aromatic heterocycles. The summed E-state index contributed by atoms with van der Waals surface area (Å²) >= 11 is 24.2. The van der Waals surface area contributed by atoms with Gasteiger partial charge in [-0.05, 0) is 43.8 Å². The first kappa shape index (κ1) is 25.6. The van der Waals surface area contributed by atoms with Crippen molar-refractivity contribution in [3.63, 3.8) is 0 Å². The summed E-state index contributed by atoms with van der Waals surface area (Å²) in [5, 5.41) is 1.16. The minimum Gasteiger partial charge on any atom is -0.494 e. The average Bonchev–Trinajstić information content (AvgIpc) is 2.72. The summed E-state index contributed by atoms with van der Waals surface area (Å²) in [4.78, 5) is 26.5. The van der Waals surface area contributed by atoms with Crippen molar-refractivity contribution in [1.82, 2.24) is 4.90 Å². The van der Waals surface area contributed by atoms with Gasteiger partial charge in [-0.25, -0.2) is 9.59 Å². The van der Waals surface area contributed by atoms with Gasteiger partial charge in [0.15, 0.2) is 5.75 Å². The Morgan fingerprint density at radius 1 is 0.806 bits per heavy atom. The maximum atomic E-state index is 12.4. The minimum atomic E-state index is -0.643. The standard InChI is InChI=1S/C21H21Cl4NO5/c1-12-13(22)4-5-14(23)17(12)20(27)30-10-8-26(2)9-11-31-21(28)18-15(24)6-7-16(25)19(18)29-3/h4-7H,8-11H2,1-3H3. The van der Waals surface area contributed by atoms with E-state index in [0.29, 0.717) is 23.7 Å². The van der Waals surface area contributed by atoms with E-state index < -0.39 is 11.9 Å². The van der Waals surface area contributed by atoms with E-state index in [1.807, 2.05) is 4.90 Å². The van der Waals surface area contributed by atoms with Crippen LogP contribution in [0.4, 0.5) is 0 Å². The molecule has 10 heteroatoms. The van der Waals surface area contributed by atoms with Gasteiger partial charge in [0.2, 0.25) is 0 Å². The predicted octanol–water partition coefficient (Wildman–Crippen LogP) is 5.56. The van der Waals surface area contributed by atoms with Gasteiger partial charge in [-0.2, -0.15) is 0 Å².